The summed E-state index contributed by atoms with van der Waals surface area (Å²) in [5.41, 5.74) is 0.737. The normalized spacial score (nSPS) is 11.2. The Morgan fingerprint density at radius 2 is 2.33 bits per heavy atom. The van der Waals surface area contributed by atoms with Crippen molar-refractivity contribution in [3.8, 4) is 0 Å². The van der Waals surface area contributed by atoms with Gasteiger partial charge >= 0.3 is 5.69 Å². The number of rotatable bonds is 1. The Morgan fingerprint density at radius 1 is 1.47 bits per heavy atom. The molecule has 3 rings (SSSR count). The van der Waals surface area contributed by atoms with E-state index in [0.717, 1.165) is 0 Å². The Morgan fingerprint density at radius 3 is 3.13 bits per heavy atom. The van der Waals surface area contributed by atoms with Crippen LogP contribution < -0.4 is 5.69 Å². The van der Waals surface area contributed by atoms with Crippen molar-refractivity contribution in [2.75, 3.05) is 0 Å². The van der Waals surface area contributed by atoms with E-state index in [-0.39, 0.29) is 5.69 Å². The van der Waals surface area contributed by atoms with Crippen LogP contribution in [0.15, 0.2) is 17.6 Å². The molecule has 0 unspecified atom stereocenters. The molecular weight excluding hydrogens is 196 g/mol. The highest BCUT2D eigenvalue weighted by atomic mass is 16.1. The van der Waals surface area contributed by atoms with Gasteiger partial charge in [0, 0.05) is 0 Å². The molecule has 0 aliphatic heterocycles. The minimum atomic E-state index is -0.337. The maximum atomic E-state index is 11.5. The zero-order valence-corrected chi connectivity index (χ0v) is 7.56. The standard InChI is InChI=1S/C8H6N6O/c1-2-5-10-6-4(3-9-11-6)7-12-13-8(15)14(5)7/h2-3H,1H2,(H,9,11)(H,13,15). The van der Waals surface area contributed by atoms with E-state index < -0.39 is 0 Å². The smallest absolute Gasteiger partial charge is 0.261 e. The summed E-state index contributed by atoms with van der Waals surface area (Å²) in [6.07, 6.45) is 3.06. The van der Waals surface area contributed by atoms with Gasteiger partial charge in [-0.3, -0.25) is 5.10 Å². The fourth-order valence-corrected chi connectivity index (χ4v) is 1.52. The van der Waals surface area contributed by atoms with Gasteiger partial charge in [-0.1, -0.05) is 6.58 Å². The van der Waals surface area contributed by atoms with Gasteiger partial charge in [0.2, 0.25) is 0 Å². The Balaban J connectivity index is 2.72. The molecule has 0 spiro atoms. The first kappa shape index (κ1) is 7.92. The molecule has 3 heterocycles. The van der Waals surface area contributed by atoms with Gasteiger partial charge in [0.05, 0.1) is 11.6 Å². The van der Waals surface area contributed by atoms with Gasteiger partial charge in [-0.2, -0.15) is 10.2 Å². The van der Waals surface area contributed by atoms with Gasteiger partial charge < -0.3 is 0 Å². The molecule has 0 aliphatic carbocycles. The number of aromatic nitrogens is 6. The fraction of sp³-hybridized carbons (Fsp3) is 0. The van der Waals surface area contributed by atoms with Gasteiger partial charge in [-0.25, -0.2) is 19.3 Å². The summed E-state index contributed by atoms with van der Waals surface area (Å²) >= 11 is 0. The monoisotopic (exact) mass is 202 g/mol. The van der Waals surface area contributed by atoms with Crippen LogP contribution >= 0.6 is 0 Å². The molecule has 0 aromatic carbocycles. The van der Waals surface area contributed by atoms with Gasteiger partial charge in [-0.05, 0) is 6.08 Å². The van der Waals surface area contributed by atoms with Crippen LogP contribution in [0, 0.1) is 0 Å². The third-order valence-corrected chi connectivity index (χ3v) is 2.17. The zero-order valence-electron chi connectivity index (χ0n) is 7.56. The van der Waals surface area contributed by atoms with Crippen LogP contribution in [0.5, 0.6) is 0 Å². The van der Waals surface area contributed by atoms with Gasteiger partial charge in [0.25, 0.3) is 0 Å². The molecule has 0 fully saturated rings. The lowest BCUT2D eigenvalue weighted by Crippen LogP contribution is -2.13. The van der Waals surface area contributed by atoms with Crippen molar-refractivity contribution in [2.45, 2.75) is 0 Å². The van der Waals surface area contributed by atoms with E-state index in [1.54, 1.807) is 6.20 Å². The quantitative estimate of drug-likeness (QED) is 0.578. The highest BCUT2D eigenvalue weighted by molar-refractivity contribution is 5.88. The summed E-state index contributed by atoms with van der Waals surface area (Å²) in [4.78, 5) is 15.6. The maximum absolute atomic E-state index is 11.5. The van der Waals surface area contributed by atoms with Crippen molar-refractivity contribution >= 4 is 22.8 Å². The Labute approximate surface area is 82.5 Å². The predicted molar refractivity (Wildman–Crippen MR) is 53.4 cm³/mol. The third kappa shape index (κ3) is 0.885. The van der Waals surface area contributed by atoms with Crippen molar-refractivity contribution in [2.24, 2.45) is 0 Å². The lowest BCUT2D eigenvalue weighted by molar-refractivity contribution is 0.984. The van der Waals surface area contributed by atoms with E-state index in [2.05, 4.69) is 32.0 Å². The van der Waals surface area contributed by atoms with E-state index in [1.807, 2.05) is 0 Å². The Kier molecular flexibility index (Phi) is 1.34. The summed E-state index contributed by atoms with van der Waals surface area (Å²) in [6.45, 7) is 3.59. The van der Waals surface area contributed by atoms with E-state index in [0.29, 0.717) is 22.5 Å². The molecule has 0 saturated heterocycles. The molecule has 0 saturated carbocycles. The first-order valence-electron chi connectivity index (χ1n) is 4.24. The van der Waals surface area contributed by atoms with E-state index in [4.69, 9.17) is 0 Å². The summed E-state index contributed by atoms with van der Waals surface area (Å²) in [7, 11) is 0. The minimum Gasteiger partial charge on any atom is -0.261 e. The molecule has 7 nitrogen and oxygen atoms in total. The van der Waals surface area contributed by atoms with Crippen LogP contribution in [0.3, 0.4) is 0 Å². The van der Waals surface area contributed by atoms with Crippen molar-refractivity contribution in [1.29, 1.82) is 0 Å². The number of aromatic amines is 2. The average molecular weight is 202 g/mol. The lowest BCUT2D eigenvalue weighted by Gasteiger charge is -1.97. The minimum absolute atomic E-state index is 0.337. The number of nitrogens with zero attached hydrogens (tertiary/aromatic N) is 4. The van der Waals surface area contributed by atoms with Gasteiger partial charge in [0.15, 0.2) is 11.3 Å². The number of hydrogen-bond donors (Lipinski definition) is 2. The zero-order chi connectivity index (χ0) is 10.4. The number of fused-ring (bicyclic) bond motifs is 3. The van der Waals surface area contributed by atoms with Crippen LogP contribution in [0.25, 0.3) is 22.8 Å². The van der Waals surface area contributed by atoms with E-state index >= 15 is 0 Å². The Bertz CT molecular complexity index is 717. The van der Waals surface area contributed by atoms with Crippen molar-refractivity contribution in [1.82, 2.24) is 29.8 Å². The molecule has 0 atom stereocenters. The second-order valence-corrected chi connectivity index (χ2v) is 2.99. The van der Waals surface area contributed by atoms with Crippen LogP contribution in [-0.4, -0.2) is 29.8 Å². The highest BCUT2D eigenvalue weighted by Crippen LogP contribution is 2.13. The number of H-pyrrole nitrogens is 2. The molecule has 7 heteroatoms. The molecule has 0 aliphatic rings. The highest BCUT2D eigenvalue weighted by Gasteiger charge is 2.11. The number of nitrogens with one attached hydrogen (secondary N) is 2. The molecule has 0 bridgehead atoms. The molecule has 3 aromatic rings. The first-order chi connectivity index (χ1) is 7.31. The number of hydrogen-bond acceptors (Lipinski definition) is 4. The van der Waals surface area contributed by atoms with E-state index in [9.17, 15) is 4.79 Å². The molecule has 0 amide bonds. The average Bonchev–Trinajstić information content (AvgIpc) is 2.83. The van der Waals surface area contributed by atoms with Crippen molar-refractivity contribution < 1.29 is 0 Å². The second-order valence-electron chi connectivity index (χ2n) is 2.99. The summed E-state index contributed by atoms with van der Waals surface area (Å²) in [6, 6.07) is 0. The largest absolute Gasteiger partial charge is 0.349 e. The molecule has 74 valence electrons. The maximum Gasteiger partial charge on any atom is 0.349 e. The van der Waals surface area contributed by atoms with Crippen LogP contribution in [0.1, 0.15) is 5.82 Å². The van der Waals surface area contributed by atoms with Crippen LogP contribution in [0.2, 0.25) is 0 Å². The summed E-state index contributed by atoms with van der Waals surface area (Å²) < 4.78 is 1.35. The summed E-state index contributed by atoms with van der Waals surface area (Å²) in [5.74, 6) is 0.431. The SMILES string of the molecule is C=Cc1nc2[nH]ncc2c2n[nH]c(=O)n12. The first-order valence-corrected chi connectivity index (χ1v) is 4.24. The third-order valence-electron chi connectivity index (χ3n) is 2.17. The molecule has 3 aromatic heterocycles. The van der Waals surface area contributed by atoms with Crippen molar-refractivity contribution in [3.63, 3.8) is 0 Å². The molecule has 0 radical (unpaired) electrons. The predicted octanol–water partition coefficient (Wildman–Crippen LogP) is -0.0631. The summed E-state index contributed by atoms with van der Waals surface area (Å²) in [5, 5.41) is 13.5. The molecule has 15 heavy (non-hydrogen) atoms. The molecule has 2 N–H and O–H groups in total. The second kappa shape index (κ2) is 2.53. The fourth-order valence-electron chi connectivity index (χ4n) is 1.52. The van der Waals surface area contributed by atoms with Crippen LogP contribution in [-0.2, 0) is 0 Å². The lowest BCUT2D eigenvalue weighted by atomic mass is 10.4. The van der Waals surface area contributed by atoms with Crippen LogP contribution in [0.4, 0.5) is 0 Å². The van der Waals surface area contributed by atoms with Crippen molar-refractivity contribution in [3.05, 3.63) is 29.1 Å². The Hall–Kier alpha value is -2.44. The van der Waals surface area contributed by atoms with Gasteiger partial charge in [-0.15, -0.1) is 0 Å². The molecular formula is C8H6N6O. The van der Waals surface area contributed by atoms with E-state index in [1.165, 1.54) is 10.5 Å². The topological polar surface area (TPSA) is 91.7 Å². The van der Waals surface area contributed by atoms with Gasteiger partial charge in [0.1, 0.15) is 5.82 Å².